The van der Waals surface area contributed by atoms with Crippen LogP contribution in [0.1, 0.15) is 13.3 Å². The van der Waals surface area contributed by atoms with Crippen LogP contribution in [0.15, 0.2) is 0 Å². The lowest BCUT2D eigenvalue weighted by Crippen LogP contribution is -2.45. The van der Waals surface area contributed by atoms with Crippen LogP contribution in [0.25, 0.3) is 0 Å². The Bertz CT molecular complexity index is 167. The van der Waals surface area contributed by atoms with Gasteiger partial charge < -0.3 is 10.5 Å². The van der Waals surface area contributed by atoms with Crippen molar-refractivity contribution in [3.8, 4) is 12.3 Å². The van der Waals surface area contributed by atoms with E-state index in [2.05, 4.69) is 10.7 Å². The van der Waals surface area contributed by atoms with Crippen LogP contribution in [0, 0.1) is 12.3 Å². The van der Waals surface area contributed by atoms with Gasteiger partial charge in [-0.25, -0.2) is 0 Å². The minimum atomic E-state index is -1.04. The standard InChI is InChI=1S/C7H11NO2/c1-4-5-7(2,8)6(9)10-3/h1H,5,8H2,2-3H3/t7-/m1/s1. The van der Waals surface area contributed by atoms with Gasteiger partial charge in [-0.05, 0) is 6.92 Å². The lowest BCUT2D eigenvalue weighted by molar-refractivity contribution is -0.146. The van der Waals surface area contributed by atoms with Gasteiger partial charge >= 0.3 is 5.97 Å². The van der Waals surface area contributed by atoms with Crippen molar-refractivity contribution in [2.75, 3.05) is 7.11 Å². The highest BCUT2D eigenvalue weighted by atomic mass is 16.5. The summed E-state index contributed by atoms with van der Waals surface area (Å²) in [5.74, 6) is 1.82. The van der Waals surface area contributed by atoms with Gasteiger partial charge in [-0.1, -0.05) is 0 Å². The van der Waals surface area contributed by atoms with E-state index in [1.807, 2.05) is 0 Å². The van der Waals surface area contributed by atoms with E-state index in [9.17, 15) is 4.79 Å². The summed E-state index contributed by atoms with van der Waals surface area (Å²) >= 11 is 0. The van der Waals surface area contributed by atoms with Crippen molar-refractivity contribution < 1.29 is 9.53 Å². The average Bonchev–Trinajstić information content (AvgIpc) is 1.86. The number of nitrogens with two attached hydrogens (primary N) is 1. The van der Waals surface area contributed by atoms with E-state index in [0.717, 1.165) is 0 Å². The summed E-state index contributed by atoms with van der Waals surface area (Å²) in [7, 11) is 1.28. The quantitative estimate of drug-likeness (QED) is 0.431. The van der Waals surface area contributed by atoms with Gasteiger partial charge in [0.1, 0.15) is 5.54 Å². The van der Waals surface area contributed by atoms with Crippen molar-refractivity contribution in [1.82, 2.24) is 0 Å². The number of hydrogen-bond donors (Lipinski definition) is 1. The first-order valence-electron chi connectivity index (χ1n) is 2.85. The molecule has 0 aromatic rings. The summed E-state index contributed by atoms with van der Waals surface area (Å²) in [5.41, 5.74) is 4.43. The Kier molecular flexibility index (Phi) is 2.91. The fourth-order valence-corrected chi connectivity index (χ4v) is 0.517. The molecule has 0 amide bonds. The zero-order valence-electron chi connectivity index (χ0n) is 6.18. The fraction of sp³-hybridized carbons (Fsp3) is 0.571. The summed E-state index contributed by atoms with van der Waals surface area (Å²) in [4.78, 5) is 10.8. The number of rotatable bonds is 2. The second kappa shape index (κ2) is 3.23. The molecule has 0 spiro atoms. The maximum atomic E-state index is 10.8. The lowest BCUT2D eigenvalue weighted by atomic mass is 10.0. The second-order valence-electron chi connectivity index (χ2n) is 2.29. The normalized spacial score (nSPS) is 15.0. The maximum Gasteiger partial charge on any atom is 0.326 e. The van der Waals surface area contributed by atoms with Crippen LogP contribution in [-0.2, 0) is 9.53 Å². The van der Waals surface area contributed by atoms with Crippen LogP contribution >= 0.6 is 0 Å². The Labute approximate surface area is 60.5 Å². The number of hydrogen-bond acceptors (Lipinski definition) is 3. The average molecular weight is 141 g/mol. The SMILES string of the molecule is C#CC[C@@](C)(N)C(=O)OC. The van der Waals surface area contributed by atoms with Gasteiger partial charge in [0.15, 0.2) is 0 Å². The molecular formula is C7H11NO2. The van der Waals surface area contributed by atoms with E-state index in [-0.39, 0.29) is 6.42 Å². The zero-order valence-corrected chi connectivity index (χ0v) is 6.18. The summed E-state index contributed by atoms with van der Waals surface area (Å²) in [6.45, 7) is 1.54. The predicted octanol–water partition coefficient (Wildman–Crippen LogP) is -0.0999. The van der Waals surface area contributed by atoms with Crippen molar-refractivity contribution in [2.45, 2.75) is 18.9 Å². The van der Waals surface area contributed by atoms with E-state index in [4.69, 9.17) is 12.2 Å². The first-order chi connectivity index (χ1) is 4.54. The monoisotopic (exact) mass is 141 g/mol. The number of esters is 1. The molecule has 0 radical (unpaired) electrons. The van der Waals surface area contributed by atoms with Crippen LogP contribution in [0.5, 0.6) is 0 Å². The maximum absolute atomic E-state index is 10.8. The molecule has 0 aliphatic carbocycles. The first kappa shape index (κ1) is 8.99. The number of ether oxygens (including phenoxy) is 1. The fourth-order valence-electron chi connectivity index (χ4n) is 0.517. The highest BCUT2D eigenvalue weighted by molar-refractivity contribution is 5.80. The molecule has 0 fully saturated rings. The molecule has 3 nitrogen and oxygen atoms in total. The Morgan fingerprint density at radius 1 is 1.90 bits per heavy atom. The number of methoxy groups -OCH3 is 1. The predicted molar refractivity (Wildman–Crippen MR) is 38.1 cm³/mol. The molecule has 0 saturated heterocycles. The summed E-state index contributed by atoms with van der Waals surface area (Å²) in [5, 5.41) is 0. The molecule has 0 heterocycles. The lowest BCUT2D eigenvalue weighted by Gasteiger charge is -2.17. The van der Waals surface area contributed by atoms with Gasteiger partial charge in [0.05, 0.1) is 7.11 Å². The molecule has 1 atom stereocenters. The van der Waals surface area contributed by atoms with E-state index in [1.54, 1.807) is 6.92 Å². The Balaban J connectivity index is 4.13. The molecule has 0 aromatic carbocycles. The topological polar surface area (TPSA) is 52.3 Å². The molecule has 3 heteroatoms. The summed E-state index contributed by atoms with van der Waals surface area (Å²) in [6.07, 6.45) is 5.16. The highest BCUT2D eigenvalue weighted by Gasteiger charge is 2.27. The van der Waals surface area contributed by atoms with Crippen LogP contribution < -0.4 is 5.73 Å². The van der Waals surface area contributed by atoms with Crippen LogP contribution in [0.2, 0.25) is 0 Å². The number of carbonyl (C=O) groups is 1. The summed E-state index contributed by atoms with van der Waals surface area (Å²) < 4.78 is 4.41. The number of terminal acetylenes is 1. The first-order valence-corrected chi connectivity index (χ1v) is 2.85. The Morgan fingerprint density at radius 3 is 2.70 bits per heavy atom. The van der Waals surface area contributed by atoms with E-state index in [1.165, 1.54) is 7.11 Å². The molecule has 56 valence electrons. The van der Waals surface area contributed by atoms with Crippen LogP contribution in [0.4, 0.5) is 0 Å². The minimum absolute atomic E-state index is 0.194. The van der Waals surface area contributed by atoms with Gasteiger partial charge in [0.25, 0.3) is 0 Å². The second-order valence-corrected chi connectivity index (χ2v) is 2.29. The van der Waals surface area contributed by atoms with Crippen molar-refractivity contribution >= 4 is 5.97 Å². The molecule has 0 unspecified atom stereocenters. The van der Waals surface area contributed by atoms with E-state index in [0.29, 0.717) is 0 Å². The Hall–Kier alpha value is -1.01. The molecule has 10 heavy (non-hydrogen) atoms. The van der Waals surface area contributed by atoms with Crippen molar-refractivity contribution in [2.24, 2.45) is 5.73 Å². The molecule has 0 rings (SSSR count). The third-order valence-electron chi connectivity index (χ3n) is 1.12. The van der Waals surface area contributed by atoms with Crippen molar-refractivity contribution in [3.63, 3.8) is 0 Å². The van der Waals surface area contributed by atoms with Gasteiger partial charge in [-0.15, -0.1) is 12.3 Å². The minimum Gasteiger partial charge on any atom is -0.468 e. The van der Waals surface area contributed by atoms with Gasteiger partial charge in [0.2, 0.25) is 0 Å². The third-order valence-corrected chi connectivity index (χ3v) is 1.12. The van der Waals surface area contributed by atoms with Crippen molar-refractivity contribution in [1.29, 1.82) is 0 Å². The Morgan fingerprint density at radius 2 is 2.40 bits per heavy atom. The molecule has 0 saturated carbocycles. The van der Waals surface area contributed by atoms with E-state index >= 15 is 0 Å². The van der Waals surface area contributed by atoms with Gasteiger partial charge in [0, 0.05) is 6.42 Å². The van der Waals surface area contributed by atoms with Gasteiger partial charge in [-0.2, -0.15) is 0 Å². The number of carbonyl (C=O) groups excluding carboxylic acids is 1. The van der Waals surface area contributed by atoms with E-state index < -0.39 is 11.5 Å². The van der Waals surface area contributed by atoms with Crippen LogP contribution in [0.3, 0.4) is 0 Å². The van der Waals surface area contributed by atoms with Crippen LogP contribution in [-0.4, -0.2) is 18.6 Å². The molecule has 0 aromatic heterocycles. The molecule has 0 bridgehead atoms. The summed E-state index contributed by atoms with van der Waals surface area (Å²) in [6, 6.07) is 0. The van der Waals surface area contributed by atoms with Gasteiger partial charge in [-0.3, -0.25) is 4.79 Å². The highest BCUT2D eigenvalue weighted by Crippen LogP contribution is 2.05. The smallest absolute Gasteiger partial charge is 0.326 e. The molecule has 0 aliphatic rings. The largest absolute Gasteiger partial charge is 0.468 e. The molecular weight excluding hydrogens is 130 g/mol. The zero-order chi connectivity index (χ0) is 8.20. The molecule has 0 aliphatic heterocycles. The third kappa shape index (κ3) is 2.08. The van der Waals surface area contributed by atoms with Crippen molar-refractivity contribution in [3.05, 3.63) is 0 Å². The molecule has 2 N–H and O–H groups in total.